The third-order valence-electron chi connectivity index (χ3n) is 2.50. The molecule has 1 N–H and O–H groups in total. The zero-order valence-corrected chi connectivity index (χ0v) is 11.8. The largest absolute Gasteiger partial charge is 0.481 e. The van der Waals surface area contributed by atoms with Gasteiger partial charge in [0, 0.05) is 18.8 Å². The lowest BCUT2D eigenvalue weighted by atomic mass is 10.4. The average molecular weight is 295 g/mol. The lowest BCUT2D eigenvalue weighted by molar-refractivity contribution is -0.118. The maximum absolute atomic E-state index is 11.8. The Morgan fingerprint density at radius 2 is 2.30 bits per heavy atom. The molecule has 0 fully saturated rings. The summed E-state index contributed by atoms with van der Waals surface area (Å²) in [5.41, 5.74) is 0. The van der Waals surface area contributed by atoms with Crippen LogP contribution in [0.15, 0.2) is 30.6 Å². The van der Waals surface area contributed by atoms with E-state index in [4.69, 9.17) is 16.3 Å². The van der Waals surface area contributed by atoms with E-state index >= 15 is 0 Å². The molecule has 0 aromatic carbocycles. The van der Waals surface area contributed by atoms with E-state index < -0.39 is 0 Å². The molecule has 1 amide bonds. The first-order valence-corrected chi connectivity index (χ1v) is 6.63. The second kappa shape index (κ2) is 6.91. The Kier molecular flexibility index (Phi) is 4.95. The van der Waals surface area contributed by atoms with Gasteiger partial charge in [0.2, 0.25) is 0 Å². The Hall–Kier alpha value is -2.08. The van der Waals surface area contributed by atoms with Crippen molar-refractivity contribution in [3.8, 4) is 5.75 Å². The number of carbonyl (C=O) groups is 1. The van der Waals surface area contributed by atoms with E-state index in [-0.39, 0.29) is 17.7 Å². The third kappa shape index (κ3) is 3.71. The van der Waals surface area contributed by atoms with Crippen molar-refractivity contribution in [3.63, 3.8) is 0 Å². The highest BCUT2D eigenvalue weighted by Gasteiger charge is 2.09. The molecule has 2 heterocycles. The molecular weight excluding hydrogens is 280 g/mol. The Bertz CT molecular complexity index is 585. The fourth-order valence-corrected chi connectivity index (χ4v) is 1.80. The van der Waals surface area contributed by atoms with Crippen LogP contribution in [0.2, 0.25) is 5.15 Å². The van der Waals surface area contributed by atoms with Crippen molar-refractivity contribution in [2.75, 3.05) is 11.9 Å². The van der Waals surface area contributed by atoms with Crippen LogP contribution < -0.4 is 10.1 Å². The first-order valence-electron chi connectivity index (χ1n) is 6.25. The molecule has 0 aliphatic heterocycles. The molecule has 0 bridgehead atoms. The highest BCUT2D eigenvalue weighted by atomic mass is 35.5. The number of nitrogens with zero attached hydrogens (tertiary/aromatic N) is 3. The number of aryl methyl sites for hydroxylation is 1. The summed E-state index contributed by atoms with van der Waals surface area (Å²) in [4.78, 5) is 15.7. The summed E-state index contributed by atoms with van der Waals surface area (Å²) >= 11 is 5.83. The number of aromatic nitrogens is 3. The molecule has 2 rings (SSSR count). The summed E-state index contributed by atoms with van der Waals surface area (Å²) < 4.78 is 7.04. The van der Waals surface area contributed by atoms with Crippen LogP contribution >= 0.6 is 11.6 Å². The molecule has 0 saturated heterocycles. The van der Waals surface area contributed by atoms with Crippen molar-refractivity contribution in [1.82, 2.24) is 14.8 Å². The SMILES string of the molecule is CCCn1nccc1NC(=O)COc1cccnc1Cl. The van der Waals surface area contributed by atoms with Gasteiger partial charge in [-0.25, -0.2) is 9.67 Å². The van der Waals surface area contributed by atoms with Crippen LogP contribution in [0, 0.1) is 0 Å². The number of ether oxygens (including phenoxy) is 1. The van der Waals surface area contributed by atoms with E-state index in [0.29, 0.717) is 11.6 Å². The van der Waals surface area contributed by atoms with Crippen LogP contribution in [0.4, 0.5) is 5.82 Å². The highest BCUT2D eigenvalue weighted by Crippen LogP contribution is 2.20. The average Bonchev–Trinajstić information content (AvgIpc) is 2.86. The molecule has 0 atom stereocenters. The number of carbonyl (C=O) groups excluding carboxylic acids is 1. The zero-order chi connectivity index (χ0) is 14.4. The second-order valence-corrected chi connectivity index (χ2v) is 4.43. The van der Waals surface area contributed by atoms with Gasteiger partial charge >= 0.3 is 0 Å². The molecule has 6 nitrogen and oxygen atoms in total. The number of rotatable bonds is 6. The molecule has 2 aromatic rings. The monoisotopic (exact) mass is 294 g/mol. The Morgan fingerprint density at radius 3 is 3.05 bits per heavy atom. The van der Waals surface area contributed by atoms with E-state index in [9.17, 15) is 4.79 Å². The van der Waals surface area contributed by atoms with Crippen LogP contribution in [0.5, 0.6) is 5.75 Å². The van der Waals surface area contributed by atoms with Crippen LogP contribution in [0.25, 0.3) is 0 Å². The minimum absolute atomic E-state index is 0.136. The molecule has 106 valence electrons. The van der Waals surface area contributed by atoms with Gasteiger partial charge in [-0.2, -0.15) is 5.10 Å². The summed E-state index contributed by atoms with van der Waals surface area (Å²) in [7, 11) is 0. The summed E-state index contributed by atoms with van der Waals surface area (Å²) in [5, 5.41) is 7.09. The quantitative estimate of drug-likeness (QED) is 0.830. The summed E-state index contributed by atoms with van der Waals surface area (Å²) in [6, 6.07) is 5.09. The Labute approximate surface area is 121 Å². The van der Waals surface area contributed by atoms with Crippen LogP contribution in [0.1, 0.15) is 13.3 Å². The molecule has 0 spiro atoms. The van der Waals surface area contributed by atoms with Gasteiger partial charge in [-0.05, 0) is 18.6 Å². The Balaban J connectivity index is 1.90. The van der Waals surface area contributed by atoms with Crippen molar-refractivity contribution >= 4 is 23.3 Å². The van der Waals surface area contributed by atoms with Gasteiger partial charge in [0.15, 0.2) is 17.5 Å². The van der Waals surface area contributed by atoms with Crippen molar-refractivity contribution < 1.29 is 9.53 Å². The molecular formula is C13H15ClN4O2. The molecule has 0 saturated carbocycles. The summed E-state index contributed by atoms with van der Waals surface area (Å²) in [5.74, 6) is 0.756. The number of amides is 1. The molecule has 0 radical (unpaired) electrons. The van der Waals surface area contributed by atoms with Gasteiger partial charge in [-0.3, -0.25) is 4.79 Å². The number of anilines is 1. The second-order valence-electron chi connectivity index (χ2n) is 4.07. The fraction of sp³-hybridized carbons (Fsp3) is 0.308. The number of nitrogens with one attached hydrogen (secondary N) is 1. The van der Waals surface area contributed by atoms with Crippen molar-refractivity contribution in [2.45, 2.75) is 19.9 Å². The van der Waals surface area contributed by atoms with Gasteiger partial charge in [0.25, 0.3) is 5.91 Å². The highest BCUT2D eigenvalue weighted by molar-refractivity contribution is 6.30. The first-order chi connectivity index (χ1) is 9.70. The molecule has 7 heteroatoms. The number of halogens is 1. The zero-order valence-electron chi connectivity index (χ0n) is 11.0. The van der Waals surface area contributed by atoms with E-state index in [0.717, 1.165) is 13.0 Å². The van der Waals surface area contributed by atoms with E-state index in [1.807, 2.05) is 6.92 Å². The van der Waals surface area contributed by atoms with Gasteiger partial charge in [-0.1, -0.05) is 18.5 Å². The lowest BCUT2D eigenvalue weighted by Crippen LogP contribution is -2.22. The smallest absolute Gasteiger partial charge is 0.263 e. The first kappa shape index (κ1) is 14.3. The molecule has 2 aromatic heterocycles. The predicted octanol–water partition coefficient (Wildman–Crippen LogP) is 2.36. The van der Waals surface area contributed by atoms with Crippen molar-refractivity contribution in [2.24, 2.45) is 0 Å². The maximum Gasteiger partial charge on any atom is 0.263 e. The fourth-order valence-electron chi connectivity index (χ4n) is 1.63. The Morgan fingerprint density at radius 1 is 1.45 bits per heavy atom. The summed E-state index contributed by atoms with van der Waals surface area (Å²) in [6.45, 7) is 2.65. The topological polar surface area (TPSA) is 69.0 Å². The van der Waals surface area contributed by atoms with Crippen LogP contribution in [-0.2, 0) is 11.3 Å². The van der Waals surface area contributed by atoms with Gasteiger partial charge in [0.05, 0.1) is 6.20 Å². The molecule has 20 heavy (non-hydrogen) atoms. The van der Waals surface area contributed by atoms with Crippen molar-refractivity contribution in [3.05, 3.63) is 35.7 Å². The predicted molar refractivity (Wildman–Crippen MR) is 75.9 cm³/mol. The number of hydrogen-bond acceptors (Lipinski definition) is 4. The van der Waals surface area contributed by atoms with Gasteiger partial charge in [0.1, 0.15) is 5.82 Å². The minimum atomic E-state index is -0.275. The molecule has 0 aliphatic carbocycles. The van der Waals surface area contributed by atoms with Crippen molar-refractivity contribution in [1.29, 1.82) is 0 Å². The van der Waals surface area contributed by atoms with Gasteiger partial charge < -0.3 is 10.1 Å². The van der Waals surface area contributed by atoms with E-state index in [1.54, 1.807) is 35.3 Å². The minimum Gasteiger partial charge on any atom is -0.481 e. The number of pyridine rings is 1. The third-order valence-corrected chi connectivity index (χ3v) is 2.79. The molecule has 0 unspecified atom stereocenters. The normalized spacial score (nSPS) is 10.3. The maximum atomic E-state index is 11.8. The van der Waals surface area contributed by atoms with Gasteiger partial charge in [-0.15, -0.1) is 0 Å². The van der Waals surface area contributed by atoms with E-state index in [2.05, 4.69) is 15.4 Å². The summed E-state index contributed by atoms with van der Waals surface area (Å²) in [6.07, 6.45) is 4.13. The molecule has 0 aliphatic rings. The number of hydrogen-bond donors (Lipinski definition) is 1. The van der Waals surface area contributed by atoms with E-state index in [1.165, 1.54) is 0 Å². The lowest BCUT2D eigenvalue weighted by Gasteiger charge is -2.09. The standard InChI is InChI=1S/C13H15ClN4O2/c1-2-8-18-11(5-7-16-18)17-12(19)9-20-10-4-3-6-15-13(10)14/h3-7H,2,8-9H2,1H3,(H,17,19). The van der Waals surface area contributed by atoms with Crippen LogP contribution in [0.3, 0.4) is 0 Å². The van der Waals surface area contributed by atoms with Crippen LogP contribution in [-0.4, -0.2) is 27.3 Å².